The Balaban J connectivity index is 2.40. The summed E-state index contributed by atoms with van der Waals surface area (Å²) in [5.41, 5.74) is 4.40. The van der Waals surface area contributed by atoms with Crippen molar-refractivity contribution in [1.82, 2.24) is 4.90 Å². The Morgan fingerprint density at radius 3 is 2.18 bits per heavy atom. The third kappa shape index (κ3) is 3.76. The van der Waals surface area contributed by atoms with Gasteiger partial charge >= 0.3 is 12.3 Å². The molecule has 0 aliphatic carbocycles. The number of hydrogen-bond donors (Lipinski definition) is 1. The molecule has 100 valence electrons. The number of likely N-dealkylation sites (tertiary alicyclic amines) is 1. The summed E-state index contributed by atoms with van der Waals surface area (Å²) in [5, 5.41) is 0. The highest BCUT2D eigenvalue weighted by atomic mass is 19.4. The van der Waals surface area contributed by atoms with Crippen molar-refractivity contribution in [2.24, 2.45) is 11.7 Å². The van der Waals surface area contributed by atoms with Gasteiger partial charge in [-0.25, -0.2) is 4.79 Å². The second kappa shape index (κ2) is 4.36. The monoisotopic (exact) mass is 254 g/mol. The maximum atomic E-state index is 12.3. The fraction of sp³-hybridized carbons (Fsp3) is 0.900. The number of amides is 1. The van der Waals surface area contributed by atoms with E-state index >= 15 is 0 Å². The molecule has 0 spiro atoms. The van der Waals surface area contributed by atoms with Crippen LogP contribution in [0.1, 0.15) is 20.8 Å². The van der Waals surface area contributed by atoms with Gasteiger partial charge in [0.05, 0.1) is 0 Å². The van der Waals surface area contributed by atoms with Crippen LogP contribution in [0, 0.1) is 5.92 Å². The molecule has 1 aliphatic heterocycles. The van der Waals surface area contributed by atoms with Crippen LogP contribution in [0.2, 0.25) is 0 Å². The summed E-state index contributed by atoms with van der Waals surface area (Å²) in [6.45, 7) is 5.09. The van der Waals surface area contributed by atoms with Gasteiger partial charge in [0.1, 0.15) is 11.6 Å². The quantitative estimate of drug-likeness (QED) is 0.775. The molecule has 1 rings (SSSR count). The number of hydrogen-bond acceptors (Lipinski definition) is 3. The summed E-state index contributed by atoms with van der Waals surface area (Å²) in [6, 6.07) is -1.87. The average Bonchev–Trinajstić information content (AvgIpc) is 1.94. The van der Waals surface area contributed by atoms with Crippen LogP contribution in [0.4, 0.5) is 18.0 Å². The van der Waals surface area contributed by atoms with Gasteiger partial charge in [0.15, 0.2) is 0 Å². The van der Waals surface area contributed by atoms with Crippen LogP contribution in [0.3, 0.4) is 0 Å². The molecule has 0 aromatic heterocycles. The summed E-state index contributed by atoms with van der Waals surface area (Å²) in [7, 11) is 0. The number of halogens is 3. The molecular weight excluding hydrogens is 237 g/mol. The second-order valence-corrected chi connectivity index (χ2v) is 5.21. The third-order valence-corrected chi connectivity index (χ3v) is 2.45. The summed E-state index contributed by atoms with van der Waals surface area (Å²) in [4.78, 5) is 12.7. The summed E-state index contributed by atoms with van der Waals surface area (Å²) in [5.74, 6) is -0.734. The molecule has 0 radical (unpaired) electrons. The molecule has 7 heteroatoms. The lowest BCUT2D eigenvalue weighted by Crippen LogP contribution is -2.61. The maximum absolute atomic E-state index is 12.3. The van der Waals surface area contributed by atoms with E-state index in [9.17, 15) is 18.0 Å². The molecule has 1 aliphatic rings. The highest BCUT2D eigenvalue weighted by molar-refractivity contribution is 5.69. The van der Waals surface area contributed by atoms with Gasteiger partial charge in [-0.1, -0.05) is 0 Å². The third-order valence-electron chi connectivity index (χ3n) is 2.45. The standard InChI is InChI=1S/C10H17F3N2O2/c1-9(2,3)17-8(16)15-4-6(5-15)7(14)10(11,12)13/h6-7H,4-5,14H2,1-3H3. The van der Waals surface area contributed by atoms with E-state index in [0.29, 0.717) is 0 Å². The van der Waals surface area contributed by atoms with Crippen molar-refractivity contribution in [2.45, 2.75) is 38.6 Å². The number of rotatable bonds is 1. The first-order valence-electron chi connectivity index (χ1n) is 5.31. The van der Waals surface area contributed by atoms with E-state index in [-0.39, 0.29) is 13.1 Å². The number of nitrogens with zero attached hydrogens (tertiary/aromatic N) is 1. The molecule has 17 heavy (non-hydrogen) atoms. The molecule has 1 unspecified atom stereocenters. The molecule has 1 amide bonds. The first kappa shape index (κ1) is 14.1. The van der Waals surface area contributed by atoms with Crippen LogP contribution in [0.15, 0.2) is 0 Å². The average molecular weight is 254 g/mol. The predicted octanol–water partition coefficient (Wildman–Crippen LogP) is 1.74. The molecule has 1 atom stereocenters. The number of nitrogens with two attached hydrogens (primary N) is 1. The molecule has 0 aromatic rings. The van der Waals surface area contributed by atoms with E-state index < -0.39 is 29.8 Å². The van der Waals surface area contributed by atoms with E-state index in [1.807, 2.05) is 0 Å². The van der Waals surface area contributed by atoms with Gasteiger partial charge in [-0.05, 0) is 20.8 Å². The SMILES string of the molecule is CC(C)(C)OC(=O)N1CC(C(N)C(F)(F)F)C1. The van der Waals surface area contributed by atoms with Gasteiger partial charge in [0.25, 0.3) is 0 Å². The molecule has 4 nitrogen and oxygen atoms in total. The van der Waals surface area contributed by atoms with Crippen molar-refractivity contribution in [3.05, 3.63) is 0 Å². The van der Waals surface area contributed by atoms with E-state index in [1.54, 1.807) is 20.8 Å². The van der Waals surface area contributed by atoms with Crippen LogP contribution >= 0.6 is 0 Å². The normalized spacial score (nSPS) is 19.8. The number of carbonyl (C=O) groups is 1. The fourth-order valence-corrected chi connectivity index (χ4v) is 1.48. The minimum Gasteiger partial charge on any atom is -0.444 e. The van der Waals surface area contributed by atoms with Gasteiger partial charge < -0.3 is 15.4 Å². The molecule has 0 bridgehead atoms. The Hall–Kier alpha value is -0.980. The van der Waals surface area contributed by atoms with Gasteiger partial charge in [-0.3, -0.25) is 0 Å². The summed E-state index contributed by atoms with van der Waals surface area (Å²) < 4.78 is 41.8. The van der Waals surface area contributed by atoms with E-state index in [1.165, 1.54) is 4.90 Å². The van der Waals surface area contributed by atoms with Gasteiger partial charge in [0.2, 0.25) is 0 Å². The van der Waals surface area contributed by atoms with E-state index in [4.69, 9.17) is 10.5 Å². The Kier molecular flexibility index (Phi) is 3.61. The van der Waals surface area contributed by atoms with Crippen LogP contribution < -0.4 is 5.73 Å². The zero-order chi connectivity index (χ0) is 13.4. The Bertz CT molecular complexity index is 293. The number of carbonyl (C=O) groups excluding carboxylic acids is 1. The van der Waals surface area contributed by atoms with Gasteiger partial charge in [-0.2, -0.15) is 13.2 Å². The summed E-state index contributed by atoms with van der Waals surface area (Å²) in [6.07, 6.45) is -5.01. The minimum absolute atomic E-state index is 0.00438. The minimum atomic E-state index is -4.41. The zero-order valence-electron chi connectivity index (χ0n) is 10.0. The Labute approximate surface area is 97.9 Å². The van der Waals surface area contributed by atoms with Crippen LogP contribution in [0.5, 0.6) is 0 Å². The Morgan fingerprint density at radius 1 is 1.35 bits per heavy atom. The smallest absolute Gasteiger partial charge is 0.410 e. The van der Waals surface area contributed by atoms with E-state index in [0.717, 1.165) is 0 Å². The first-order chi connectivity index (χ1) is 7.50. The fourth-order valence-electron chi connectivity index (χ4n) is 1.48. The predicted molar refractivity (Wildman–Crippen MR) is 55.3 cm³/mol. The van der Waals surface area contributed by atoms with Crippen molar-refractivity contribution in [3.8, 4) is 0 Å². The molecule has 1 heterocycles. The largest absolute Gasteiger partial charge is 0.444 e. The summed E-state index contributed by atoms with van der Waals surface area (Å²) >= 11 is 0. The highest BCUT2D eigenvalue weighted by Crippen LogP contribution is 2.30. The van der Waals surface area contributed by atoms with Crippen molar-refractivity contribution in [1.29, 1.82) is 0 Å². The topological polar surface area (TPSA) is 55.6 Å². The molecule has 2 N–H and O–H groups in total. The van der Waals surface area contributed by atoms with Gasteiger partial charge in [-0.15, -0.1) is 0 Å². The van der Waals surface area contributed by atoms with Crippen molar-refractivity contribution >= 4 is 6.09 Å². The maximum Gasteiger partial charge on any atom is 0.410 e. The van der Waals surface area contributed by atoms with Crippen molar-refractivity contribution < 1.29 is 22.7 Å². The molecule has 1 fully saturated rings. The zero-order valence-corrected chi connectivity index (χ0v) is 10.0. The van der Waals surface area contributed by atoms with Crippen LogP contribution in [0.25, 0.3) is 0 Å². The lowest BCUT2D eigenvalue weighted by molar-refractivity contribution is -0.170. The van der Waals surface area contributed by atoms with E-state index in [2.05, 4.69) is 0 Å². The number of ether oxygens (including phenoxy) is 1. The lowest BCUT2D eigenvalue weighted by Gasteiger charge is -2.42. The molecule has 0 saturated carbocycles. The van der Waals surface area contributed by atoms with Crippen LogP contribution in [-0.4, -0.2) is 41.9 Å². The van der Waals surface area contributed by atoms with Gasteiger partial charge in [0, 0.05) is 19.0 Å². The second-order valence-electron chi connectivity index (χ2n) is 5.21. The Morgan fingerprint density at radius 2 is 1.82 bits per heavy atom. The molecular formula is C10H17F3N2O2. The molecule has 0 aromatic carbocycles. The first-order valence-corrected chi connectivity index (χ1v) is 5.31. The number of alkyl halides is 3. The van der Waals surface area contributed by atoms with Crippen molar-refractivity contribution in [2.75, 3.05) is 13.1 Å². The van der Waals surface area contributed by atoms with Crippen LogP contribution in [-0.2, 0) is 4.74 Å². The van der Waals surface area contributed by atoms with Crippen molar-refractivity contribution in [3.63, 3.8) is 0 Å². The lowest BCUT2D eigenvalue weighted by atomic mass is 9.92. The molecule has 1 saturated heterocycles. The highest BCUT2D eigenvalue weighted by Gasteiger charge is 2.48.